The Morgan fingerprint density at radius 3 is 2.85 bits per heavy atom. The summed E-state index contributed by atoms with van der Waals surface area (Å²) in [5.41, 5.74) is 3.21. The zero-order valence-corrected chi connectivity index (χ0v) is 11.6. The molecule has 0 spiro atoms. The Morgan fingerprint density at radius 2 is 2.05 bits per heavy atom. The van der Waals surface area contributed by atoms with E-state index in [1.165, 1.54) is 5.39 Å². The van der Waals surface area contributed by atoms with Crippen molar-refractivity contribution in [1.82, 2.24) is 15.0 Å². The molecule has 0 atom stereocenters. The topological polar surface area (TPSA) is 50.7 Å². The molecule has 0 aliphatic carbocycles. The molecule has 0 bridgehead atoms. The second-order valence-electron chi connectivity index (χ2n) is 4.56. The molecule has 4 nitrogen and oxygen atoms in total. The minimum Gasteiger partial charge on any atom is -0.373 e. The molecule has 0 aliphatic heterocycles. The molecule has 1 aromatic carbocycles. The Labute approximate surface area is 117 Å². The van der Waals surface area contributed by atoms with Gasteiger partial charge in [0.05, 0.1) is 5.69 Å². The van der Waals surface area contributed by atoms with Crippen LogP contribution in [-0.2, 0) is 6.42 Å². The molecule has 2 heterocycles. The van der Waals surface area contributed by atoms with Crippen molar-refractivity contribution in [3.05, 3.63) is 48.5 Å². The summed E-state index contributed by atoms with van der Waals surface area (Å²) in [6.45, 7) is 2.12. The first kappa shape index (κ1) is 12.5. The van der Waals surface area contributed by atoms with Crippen molar-refractivity contribution in [3.8, 4) is 11.3 Å². The van der Waals surface area contributed by atoms with Crippen LogP contribution in [0.2, 0.25) is 0 Å². The SMILES string of the molecule is CCc1c(NC)ncnc1-c1cccc2ccncc12. The first-order valence-corrected chi connectivity index (χ1v) is 6.70. The highest BCUT2D eigenvalue weighted by atomic mass is 15.0. The molecule has 0 fully saturated rings. The molecule has 0 saturated heterocycles. The first-order chi connectivity index (χ1) is 9.85. The lowest BCUT2D eigenvalue weighted by Gasteiger charge is -2.12. The summed E-state index contributed by atoms with van der Waals surface area (Å²) >= 11 is 0. The van der Waals surface area contributed by atoms with Crippen LogP contribution in [-0.4, -0.2) is 22.0 Å². The van der Waals surface area contributed by atoms with Crippen LogP contribution in [0.15, 0.2) is 43.0 Å². The van der Waals surface area contributed by atoms with Gasteiger partial charge < -0.3 is 5.32 Å². The fourth-order valence-corrected chi connectivity index (χ4v) is 2.51. The number of anilines is 1. The number of aromatic nitrogens is 3. The third kappa shape index (κ3) is 1.99. The van der Waals surface area contributed by atoms with E-state index in [0.717, 1.165) is 34.4 Å². The third-order valence-electron chi connectivity index (χ3n) is 3.47. The van der Waals surface area contributed by atoms with E-state index in [-0.39, 0.29) is 0 Å². The molecule has 2 aromatic heterocycles. The smallest absolute Gasteiger partial charge is 0.132 e. The lowest BCUT2D eigenvalue weighted by atomic mass is 9.99. The maximum absolute atomic E-state index is 4.50. The second-order valence-corrected chi connectivity index (χ2v) is 4.56. The largest absolute Gasteiger partial charge is 0.373 e. The van der Waals surface area contributed by atoms with Gasteiger partial charge in [-0.3, -0.25) is 4.98 Å². The van der Waals surface area contributed by atoms with E-state index in [1.54, 1.807) is 6.33 Å². The van der Waals surface area contributed by atoms with Gasteiger partial charge in [-0.25, -0.2) is 9.97 Å². The number of pyridine rings is 1. The highest BCUT2D eigenvalue weighted by molar-refractivity contribution is 5.96. The van der Waals surface area contributed by atoms with Gasteiger partial charge in [-0.2, -0.15) is 0 Å². The summed E-state index contributed by atoms with van der Waals surface area (Å²) in [6.07, 6.45) is 6.19. The Morgan fingerprint density at radius 1 is 1.15 bits per heavy atom. The zero-order valence-electron chi connectivity index (χ0n) is 11.6. The van der Waals surface area contributed by atoms with Gasteiger partial charge in [-0.05, 0) is 17.9 Å². The summed E-state index contributed by atoms with van der Waals surface area (Å²) in [5.74, 6) is 0.887. The number of hydrogen-bond donors (Lipinski definition) is 1. The van der Waals surface area contributed by atoms with E-state index in [2.05, 4.69) is 45.4 Å². The van der Waals surface area contributed by atoms with E-state index < -0.39 is 0 Å². The first-order valence-electron chi connectivity index (χ1n) is 6.70. The Hall–Kier alpha value is -2.49. The predicted octanol–water partition coefficient (Wildman–Crippen LogP) is 3.30. The van der Waals surface area contributed by atoms with Crippen molar-refractivity contribution in [2.45, 2.75) is 13.3 Å². The minimum atomic E-state index is 0.878. The fraction of sp³-hybridized carbons (Fsp3) is 0.188. The summed E-state index contributed by atoms with van der Waals surface area (Å²) < 4.78 is 0. The van der Waals surface area contributed by atoms with E-state index >= 15 is 0 Å². The molecule has 0 amide bonds. The van der Waals surface area contributed by atoms with Crippen LogP contribution < -0.4 is 5.32 Å². The number of nitrogens with one attached hydrogen (secondary N) is 1. The maximum Gasteiger partial charge on any atom is 0.132 e. The molecule has 20 heavy (non-hydrogen) atoms. The number of benzene rings is 1. The quantitative estimate of drug-likeness (QED) is 0.788. The fourth-order valence-electron chi connectivity index (χ4n) is 2.51. The Kier molecular flexibility index (Phi) is 3.29. The number of fused-ring (bicyclic) bond motifs is 1. The van der Waals surface area contributed by atoms with Crippen LogP contribution in [0.3, 0.4) is 0 Å². The van der Waals surface area contributed by atoms with Crippen molar-refractivity contribution < 1.29 is 0 Å². The predicted molar refractivity (Wildman–Crippen MR) is 81.7 cm³/mol. The third-order valence-corrected chi connectivity index (χ3v) is 3.47. The summed E-state index contributed by atoms with van der Waals surface area (Å²) in [7, 11) is 1.88. The van der Waals surface area contributed by atoms with Crippen LogP contribution in [0.25, 0.3) is 22.0 Å². The molecule has 3 rings (SSSR count). The molecule has 0 unspecified atom stereocenters. The van der Waals surface area contributed by atoms with Crippen molar-refractivity contribution in [2.75, 3.05) is 12.4 Å². The zero-order chi connectivity index (χ0) is 13.9. The van der Waals surface area contributed by atoms with E-state index in [1.807, 2.05) is 25.5 Å². The summed E-state index contributed by atoms with van der Waals surface area (Å²) in [4.78, 5) is 13.0. The van der Waals surface area contributed by atoms with Gasteiger partial charge in [0.25, 0.3) is 0 Å². The van der Waals surface area contributed by atoms with Crippen LogP contribution in [0, 0.1) is 0 Å². The van der Waals surface area contributed by atoms with Crippen LogP contribution in [0.5, 0.6) is 0 Å². The lowest BCUT2D eigenvalue weighted by molar-refractivity contribution is 1.05. The van der Waals surface area contributed by atoms with Gasteiger partial charge in [0.1, 0.15) is 12.1 Å². The average molecular weight is 264 g/mol. The summed E-state index contributed by atoms with van der Waals surface area (Å²) in [5, 5.41) is 5.42. The van der Waals surface area contributed by atoms with Crippen LogP contribution in [0.1, 0.15) is 12.5 Å². The van der Waals surface area contributed by atoms with Crippen molar-refractivity contribution >= 4 is 16.6 Å². The second kappa shape index (κ2) is 5.25. The lowest BCUT2D eigenvalue weighted by Crippen LogP contribution is -2.02. The Bertz CT molecular complexity index is 747. The molecule has 4 heteroatoms. The Balaban J connectivity index is 2.31. The highest BCUT2D eigenvalue weighted by Crippen LogP contribution is 2.31. The average Bonchev–Trinajstić information content (AvgIpc) is 2.53. The van der Waals surface area contributed by atoms with Crippen molar-refractivity contribution in [3.63, 3.8) is 0 Å². The van der Waals surface area contributed by atoms with Gasteiger partial charge >= 0.3 is 0 Å². The van der Waals surface area contributed by atoms with Crippen molar-refractivity contribution in [1.29, 1.82) is 0 Å². The number of nitrogens with zero attached hydrogens (tertiary/aromatic N) is 3. The monoisotopic (exact) mass is 264 g/mol. The van der Waals surface area contributed by atoms with Gasteiger partial charge in [-0.1, -0.05) is 25.1 Å². The standard InChI is InChI=1S/C16H16N4/c1-3-12-15(19-10-20-16(12)17-2)13-6-4-5-11-7-8-18-9-14(11)13/h4-10H,3H2,1-2H3,(H,17,19,20). The number of rotatable bonds is 3. The molecule has 0 saturated carbocycles. The molecule has 0 radical (unpaired) electrons. The van der Waals surface area contributed by atoms with Gasteiger partial charge in [0, 0.05) is 36.0 Å². The molecule has 3 aromatic rings. The van der Waals surface area contributed by atoms with Gasteiger partial charge in [-0.15, -0.1) is 0 Å². The van der Waals surface area contributed by atoms with E-state index in [4.69, 9.17) is 0 Å². The van der Waals surface area contributed by atoms with E-state index in [0.29, 0.717) is 0 Å². The molecular weight excluding hydrogens is 248 g/mol. The molecular formula is C16H16N4. The van der Waals surface area contributed by atoms with Crippen LogP contribution >= 0.6 is 0 Å². The number of hydrogen-bond acceptors (Lipinski definition) is 4. The minimum absolute atomic E-state index is 0.878. The normalized spacial score (nSPS) is 10.7. The van der Waals surface area contributed by atoms with Gasteiger partial charge in [0.2, 0.25) is 0 Å². The van der Waals surface area contributed by atoms with Crippen LogP contribution in [0.4, 0.5) is 5.82 Å². The highest BCUT2D eigenvalue weighted by Gasteiger charge is 2.13. The maximum atomic E-state index is 4.50. The van der Waals surface area contributed by atoms with Gasteiger partial charge in [0.15, 0.2) is 0 Å². The molecule has 0 aliphatic rings. The molecule has 100 valence electrons. The molecule has 1 N–H and O–H groups in total. The van der Waals surface area contributed by atoms with E-state index in [9.17, 15) is 0 Å². The summed E-state index contributed by atoms with van der Waals surface area (Å²) in [6, 6.07) is 8.25. The van der Waals surface area contributed by atoms with Crippen molar-refractivity contribution in [2.24, 2.45) is 0 Å².